The van der Waals surface area contributed by atoms with Gasteiger partial charge in [0.05, 0.1) is 6.04 Å². The van der Waals surface area contributed by atoms with Gasteiger partial charge in [-0.2, -0.15) is 4.98 Å². The first-order valence-corrected chi connectivity index (χ1v) is 7.53. The standard InChI is InChI=1S/C18H17N5O/c1-13(23(2)3)18-21-17(22-24-18)16-10-8-14(12-20-16)7-9-15-6-4-5-11-19-15/h4-6,8,10-13H,1-3H3. The van der Waals surface area contributed by atoms with Crippen molar-refractivity contribution >= 4 is 0 Å². The number of nitrogens with zero attached hydrogens (tertiary/aromatic N) is 5. The van der Waals surface area contributed by atoms with Crippen molar-refractivity contribution in [1.29, 1.82) is 0 Å². The van der Waals surface area contributed by atoms with E-state index in [4.69, 9.17) is 4.52 Å². The molecule has 3 rings (SSSR count). The maximum atomic E-state index is 5.30. The molecule has 0 aromatic carbocycles. The van der Waals surface area contributed by atoms with Crippen LogP contribution in [0.1, 0.15) is 30.1 Å². The van der Waals surface area contributed by atoms with Crippen LogP contribution in [0.25, 0.3) is 11.5 Å². The lowest BCUT2D eigenvalue weighted by molar-refractivity contribution is 0.245. The van der Waals surface area contributed by atoms with Crippen molar-refractivity contribution in [2.45, 2.75) is 13.0 Å². The molecule has 0 amide bonds. The van der Waals surface area contributed by atoms with Crippen LogP contribution in [0.4, 0.5) is 0 Å². The normalized spacial score (nSPS) is 11.8. The van der Waals surface area contributed by atoms with Crippen LogP contribution in [0.2, 0.25) is 0 Å². The first-order chi connectivity index (χ1) is 11.6. The van der Waals surface area contributed by atoms with E-state index < -0.39 is 0 Å². The molecule has 0 N–H and O–H groups in total. The Morgan fingerprint density at radius 3 is 2.62 bits per heavy atom. The van der Waals surface area contributed by atoms with Gasteiger partial charge in [0.25, 0.3) is 0 Å². The smallest absolute Gasteiger partial charge is 0.244 e. The third kappa shape index (κ3) is 3.65. The predicted molar refractivity (Wildman–Crippen MR) is 89.8 cm³/mol. The second kappa shape index (κ2) is 7.02. The molecule has 6 nitrogen and oxygen atoms in total. The van der Waals surface area contributed by atoms with Gasteiger partial charge in [-0.3, -0.25) is 9.88 Å². The van der Waals surface area contributed by atoms with Crippen LogP contribution >= 0.6 is 0 Å². The van der Waals surface area contributed by atoms with Gasteiger partial charge in [-0.1, -0.05) is 17.1 Å². The summed E-state index contributed by atoms with van der Waals surface area (Å²) in [5.41, 5.74) is 2.18. The number of rotatable bonds is 3. The van der Waals surface area contributed by atoms with E-state index in [1.54, 1.807) is 12.4 Å². The molecule has 0 spiro atoms. The van der Waals surface area contributed by atoms with Crippen LogP contribution in [-0.4, -0.2) is 39.1 Å². The van der Waals surface area contributed by atoms with Crippen LogP contribution < -0.4 is 0 Å². The number of hydrogen-bond acceptors (Lipinski definition) is 6. The average Bonchev–Trinajstić information content (AvgIpc) is 3.10. The number of aromatic nitrogens is 4. The molecule has 24 heavy (non-hydrogen) atoms. The molecule has 6 heteroatoms. The van der Waals surface area contributed by atoms with E-state index in [1.165, 1.54) is 0 Å². The molecule has 0 saturated carbocycles. The van der Waals surface area contributed by atoms with E-state index in [2.05, 4.69) is 31.9 Å². The van der Waals surface area contributed by atoms with E-state index in [9.17, 15) is 0 Å². The van der Waals surface area contributed by atoms with E-state index in [0.29, 0.717) is 17.4 Å². The van der Waals surface area contributed by atoms with Crippen molar-refractivity contribution in [3.8, 4) is 23.4 Å². The van der Waals surface area contributed by atoms with E-state index >= 15 is 0 Å². The zero-order valence-electron chi connectivity index (χ0n) is 13.8. The van der Waals surface area contributed by atoms with Crippen molar-refractivity contribution in [2.24, 2.45) is 0 Å². The van der Waals surface area contributed by atoms with Gasteiger partial charge in [0.2, 0.25) is 11.7 Å². The molecule has 0 aliphatic heterocycles. The molecule has 0 aliphatic carbocycles. The Hall–Kier alpha value is -3.04. The summed E-state index contributed by atoms with van der Waals surface area (Å²) >= 11 is 0. The zero-order valence-corrected chi connectivity index (χ0v) is 13.8. The van der Waals surface area contributed by atoms with Crippen molar-refractivity contribution in [1.82, 2.24) is 25.0 Å². The summed E-state index contributed by atoms with van der Waals surface area (Å²) in [5, 5.41) is 3.99. The average molecular weight is 319 g/mol. The molecule has 3 heterocycles. The van der Waals surface area contributed by atoms with Gasteiger partial charge in [0.15, 0.2) is 0 Å². The Labute approximate surface area is 140 Å². The van der Waals surface area contributed by atoms with Crippen LogP contribution in [-0.2, 0) is 0 Å². The maximum Gasteiger partial charge on any atom is 0.244 e. The minimum atomic E-state index is 0.0507. The molecule has 3 aromatic rings. The van der Waals surface area contributed by atoms with Crippen molar-refractivity contribution in [2.75, 3.05) is 14.1 Å². The largest absolute Gasteiger partial charge is 0.337 e. The Bertz CT molecular complexity index is 860. The van der Waals surface area contributed by atoms with Crippen molar-refractivity contribution in [3.63, 3.8) is 0 Å². The van der Waals surface area contributed by atoms with Crippen molar-refractivity contribution < 1.29 is 4.52 Å². The summed E-state index contributed by atoms with van der Waals surface area (Å²) in [5.74, 6) is 7.07. The molecule has 0 radical (unpaired) electrons. The third-order valence-corrected chi connectivity index (χ3v) is 3.57. The molecule has 0 fully saturated rings. The lowest BCUT2D eigenvalue weighted by Crippen LogP contribution is -2.16. The molecule has 0 bridgehead atoms. The fourth-order valence-corrected chi connectivity index (χ4v) is 1.90. The van der Waals surface area contributed by atoms with Crippen LogP contribution in [0.5, 0.6) is 0 Å². The molecule has 0 saturated heterocycles. The van der Waals surface area contributed by atoms with Gasteiger partial charge < -0.3 is 4.52 Å². The minimum Gasteiger partial charge on any atom is -0.337 e. The molecule has 3 aromatic heterocycles. The molecular weight excluding hydrogens is 302 g/mol. The molecule has 1 atom stereocenters. The molecule has 1 unspecified atom stereocenters. The molecular formula is C18H17N5O. The summed E-state index contributed by atoms with van der Waals surface area (Å²) in [6.45, 7) is 2.00. The number of pyridine rings is 2. The van der Waals surface area contributed by atoms with Crippen molar-refractivity contribution in [3.05, 3.63) is 59.9 Å². The summed E-state index contributed by atoms with van der Waals surface area (Å²) in [7, 11) is 3.92. The third-order valence-electron chi connectivity index (χ3n) is 3.57. The van der Waals surface area contributed by atoms with Gasteiger partial charge in [0.1, 0.15) is 11.4 Å². The van der Waals surface area contributed by atoms with E-state index in [0.717, 1.165) is 11.3 Å². The van der Waals surface area contributed by atoms with Crippen LogP contribution in [0.3, 0.4) is 0 Å². The highest BCUT2D eigenvalue weighted by Crippen LogP contribution is 2.19. The first-order valence-electron chi connectivity index (χ1n) is 7.53. The quantitative estimate of drug-likeness (QED) is 0.691. The van der Waals surface area contributed by atoms with Gasteiger partial charge in [0, 0.05) is 18.0 Å². The summed E-state index contributed by atoms with van der Waals surface area (Å²) in [4.78, 5) is 14.9. The highest BCUT2D eigenvalue weighted by Gasteiger charge is 2.17. The predicted octanol–water partition coefficient (Wildman–Crippen LogP) is 2.55. The lowest BCUT2D eigenvalue weighted by atomic mass is 10.2. The van der Waals surface area contributed by atoms with Gasteiger partial charge >= 0.3 is 0 Å². The Morgan fingerprint density at radius 1 is 1.08 bits per heavy atom. The monoisotopic (exact) mass is 319 g/mol. The minimum absolute atomic E-state index is 0.0507. The Morgan fingerprint density at radius 2 is 1.96 bits per heavy atom. The summed E-state index contributed by atoms with van der Waals surface area (Å²) in [6.07, 6.45) is 3.41. The summed E-state index contributed by atoms with van der Waals surface area (Å²) < 4.78 is 5.30. The molecule has 0 aliphatic rings. The van der Waals surface area contributed by atoms with Gasteiger partial charge in [-0.05, 0) is 51.2 Å². The maximum absolute atomic E-state index is 5.30. The topological polar surface area (TPSA) is 67.9 Å². The Kier molecular flexibility index (Phi) is 4.64. The second-order valence-electron chi connectivity index (χ2n) is 5.49. The van der Waals surface area contributed by atoms with Crippen LogP contribution in [0, 0.1) is 11.8 Å². The highest BCUT2D eigenvalue weighted by molar-refractivity contribution is 5.50. The lowest BCUT2D eigenvalue weighted by Gasteiger charge is -2.14. The highest BCUT2D eigenvalue weighted by atomic mass is 16.5. The Balaban J connectivity index is 1.77. The molecule has 120 valence electrons. The van der Waals surface area contributed by atoms with E-state index in [1.807, 2.05) is 56.3 Å². The fourth-order valence-electron chi connectivity index (χ4n) is 1.90. The van der Waals surface area contributed by atoms with Gasteiger partial charge in [-0.25, -0.2) is 4.98 Å². The zero-order chi connectivity index (χ0) is 16.9. The SMILES string of the molecule is CC(c1nc(-c2ccc(C#Cc3ccccn3)cn2)no1)N(C)C. The van der Waals surface area contributed by atoms with Crippen LogP contribution in [0.15, 0.2) is 47.2 Å². The van der Waals surface area contributed by atoms with E-state index in [-0.39, 0.29) is 6.04 Å². The fraction of sp³-hybridized carbons (Fsp3) is 0.222. The second-order valence-corrected chi connectivity index (χ2v) is 5.49. The summed E-state index contributed by atoms with van der Waals surface area (Å²) in [6, 6.07) is 9.39. The first kappa shape index (κ1) is 15.8. The number of hydrogen-bond donors (Lipinski definition) is 0. The van der Waals surface area contributed by atoms with Gasteiger partial charge in [-0.15, -0.1) is 0 Å².